The second kappa shape index (κ2) is 36.3. The molecule has 0 amide bonds. The van der Waals surface area contributed by atoms with Crippen LogP contribution in [0.15, 0.2) is 285 Å². The summed E-state index contributed by atoms with van der Waals surface area (Å²) in [6.07, 6.45) is 10.2. The van der Waals surface area contributed by atoms with Gasteiger partial charge in [0, 0.05) is 70.7 Å². The fourth-order valence-corrected chi connectivity index (χ4v) is 16.9. The Balaban J connectivity index is 0.892. The van der Waals surface area contributed by atoms with Crippen LogP contribution in [0.2, 0.25) is 0 Å². The second-order valence-electron chi connectivity index (χ2n) is 41.7. The fourth-order valence-electron chi connectivity index (χ4n) is 16.9. The molecule has 12 nitrogen and oxygen atoms in total. The molecule has 132 heavy (non-hydrogen) atoms. The maximum absolute atomic E-state index is 12.0. The summed E-state index contributed by atoms with van der Waals surface area (Å²) < 4.78 is 0. The average Bonchev–Trinajstić information content (AvgIpc) is 0.757. The predicted octanol–water partition coefficient (Wildman–Crippen LogP) is 29.0. The molecule has 21 heterocycles. The summed E-state index contributed by atoms with van der Waals surface area (Å²) in [5, 5.41) is 72.0. The van der Waals surface area contributed by atoms with E-state index < -0.39 is 0 Å². The summed E-state index contributed by atoms with van der Waals surface area (Å²) in [5.74, 6) is 0.525. The predicted molar refractivity (Wildman–Crippen MR) is 555 cm³/mol. The Labute approximate surface area is 778 Å². The monoisotopic (exact) mass is 1740 g/mol. The Morgan fingerprint density at radius 2 is 0.250 bits per heavy atom. The van der Waals surface area contributed by atoms with Gasteiger partial charge in [-0.25, -0.2) is 0 Å². The third-order valence-corrected chi connectivity index (χ3v) is 25.3. The van der Waals surface area contributed by atoms with Gasteiger partial charge in [-0.1, -0.05) is 234 Å². The molecule has 12 heteroatoms. The molecule has 666 valence electrons. The lowest BCUT2D eigenvalue weighted by atomic mass is 9.81. The van der Waals surface area contributed by atoms with E-state index in [0.29, 0.717) is 72.6 Å². The molecule has 35 rings (SSSR count). The Bertz CT molecular complexity index is 5920. The van der Waals surface area contributed by atoms with Crippen LogP contribution >= 0.6 is 0 Å². The van der Waals surface area contributed by atoms with Crippen molar-refractivity contribution in [2.45, 2.75) is 157 Å². The van der Waals surface area contributed by atoms with Crippen molar-refractivity contribution in [2.24, 2.45) is 30.0 Å². The van der Waals surface area contributed by atoms with E-state index >= 15 is 0 Å². The molecular formula is C120H120N6O6. The highest BCUT2D eigenvalue weighted by Gasteiger charge is 2.28. The first-order valence-corrected chi connectivity index (χ1v) is 45.8. The topological polar surface area (TPSA) is 196 Å². The van der Waals surface area contributed by atoms with Gasteiger partial charge in [0.15, 0.2) is 0 Å². The van der Waals surface area contributed by atoms with Crippen LogP contribution in [-0.4, -0.2) is 107 Å². The number of rotatable bonds is 0. The number of benzene rings is 14. The molecule has 21 aliphatic rings. The maximum atomic E-state index is 12.0. The normalized spacial score (nSPS) is 13.5. The van der Waals surface area contributed by atoms with Gasteiger partial charge in [-0.3, -0.25) is 30.0 Å². The van der Waals surface area contributed by atoms with Crippen molar-refractivity contribution in [3.05, 3.63) is 322 Å². The highest BCUT2D eigenvalue weighted by molar-refractivity contribution is 5.95. The van der Waals surface area contributed by atoms with E-state index in [1.807, 2.05) is 109 Å². The summed E-state index contributed by atoms with van der Waals surface area (Å²) in [6.45, 7) is 42.0. The Morgan fingerprint density at radius 3 is 0.356 bits per heavy atom. The van der Waals surface area contributed by atoms with Crippen molar-refractivity contribution in [1.82, 2.24) is 0 Å². The molecule has 0 spiro atoms. The van der Waals surface area contributed by atoms with E-state index in [0.717, 1.165) is 167 Å². The molecule has 0 saturated carbocycles. The van der Waals surface area contributed by atoms with Crippen LogP contribution in [0, 0.1) is 0 Å². The van der Waals surface area contributed by atoms with Gasteiger partial charge in [0.1, 0.15) is 34.5 Å². The van der Waals surface area contributed by atoms with E-state index in [9.17, 15) is 30.6 Å². The molecule has 21 aliphatic heterocycles. The van der Waals surface area contributed by atoms with Crippen molar-refractivity contribution in [2.75, 3.05) is 39.3 Å². The molecule has 0 aromatic heterocycles. The highest BCUT2D eigenvalue weighted by Crippen LogP contribution is 2.48. The van der Waals surface area contributed by atoms with Gasteiger partial charge in [-0.05, 0) is 345 Å². The van der Waals surface area contributed by atoms with Gasteiger partial charge < -0.3 is 30.6 Å². The first kappa shape index (κ1) is 91.2. The zero-order valence-electron chi connectivity index (χ0n) is 79.3. The van der Waals surface area contributed by atoms with Crippen molar-refractivity contribution in [1.29, 1.82) is 0 Å². The number of nitrogens with zero attached hydrogens (tertiary/aromatic N) is 6. The van der Waals surface area contributed by atoms with Crippen molar-refractivity contribution in [3.8, 4) is 168 Å². The lowest BCUT2D eigenvalue weighted by molar-refractivity contribution is 0.474. The molecule has 14 aromatic rings. The molecule has 0 radical (unpaired) electrons. The molecule has 0 unspecified atom stereocenters. The molecule has 30 bridgehead atoms. The van der Waals surface area contributed by atoms with Crippen LogP contribution in [0.1, 0.15) is 191 Å². The summed E-state index contributed by atoms with van der Waals surface area (Å²) >= 11 is 0. The highest BCUT2D eigenvalue weighted by atomic mass is 16.3. The minimum Gasteiger partial charge on any atom is -0.507 e. The van der Waals surface area contributed by atoms with Crippen LogP contribution in [0.4, 0.5) is 0 Å². The van der Waals surface area contributed by atoms with Gasteiger partial charge in [0.25, 0.3) is 0 Å². The third-order valence-electron chi connectivity index (χ3n) is 25.3. The van der Waals surface area contributed by atoms with Gasteiger partial charge in [0.2, 0.25) is 0 Å². The average molecular weight is 1740 g/mol. The van der Waals surface area contributed by atoms with E-state index in [-0.39, 0.29) is 67.0 Å². The number of aromatic hydroxyl groups is 6. The SMILES string of the molecule is CC(C)(C)c1cc2cc(c1)-c1ccc(c(O)c1)C=NCCN=Cc1ccc(cc1O)-c1cc(cc(C(C)(C)C)c1)-c1cc3cc(c1)-c1cc(cc(C(C)(C)C)c1)-c1ccc(c(O)c1)C=NCCN=Cc1ccc(cc1O)-c1cc(cc(C(C)(C)C)c1)-c1cc-2cc(c1)-c1cc(cc(C(C)(C)C)c1)-c1ccc(c(O)c1)C=NCCN=Cc1ccc(cc1O)-c1cc-3cc(C(C)(C)C)c1. The quantitative estimate of drug-likeness (QED) is 0.0874. The van der Waals surface area contributed by atoms with Crippen molar-refractivity contribution < 1.29 is 30.6 Å². The van der Waals surface area contributed by atoms with Crippen molar-refractivity contribution in [3.63, 3.8) is 0 Å². The summed E-state index contributed by atoms with van der Waals surface area (Å²) in [7, 11) is 0. The number of hydrogen-bond donors (Lipinski definition) is 6. The van der Waals surface area contributed by atoms with Gasteiger partial charge in [0.05, 0.1) is 39.3 Å². The molecule has 0 fully saturated rings. The lowest BCUT2D eigenvalue weighted by Gasteiger charge is -2.24. The van der Waals surface area contributed by atoms with Crippen LogP contribution in [-0.2, 0) is 32.5 Å². The zero-order chi connectivity index (χ0) is 93.7. The molecule has 0 saturated heterocycles. The largest absolute Gasteiger partial charge is 0.507 e. The Morgan fingerprint density at radius 1 is 0.144 bits per heavy atom. The zero-order valence-corrected chi connectivity index (χ0v) is 79.3. The van der Waals surface area contributed by atoms with Gasteiger partial charge in [-0.15, -0.1) is 0 Å². The number of hydrogen-bond acceptors (Lipinski definition) is 12. The first-order valence-electron chi connectivity index (χ1n) is 45.8. The van der Waals surface area contributed by atoms with E-state index in [1.54, 1.807) is 37.3 Å². The van der Waals surface area contributed by atoms with E-state index in [4.69, 9.17) is 30.0 Å². The molecular weight excluding hydrogens is 1620 g/mol. The van der Waals surface area contributed by atoms with Crippen LogP contribution < -0.4 is 0 Å². The smallest absolute Gasteiger partial charge is 0.124 e. The standard InChI is InChI=1S/C120H120N6O6/c1-115(2,3)103-49-91-43-97(55-103)85-37-86-39-87(38-85)99-45-93(51-105(57-99)117(7,8)9)75-21-27-81(111(129)63-75)70-124-34-36-126-72-84-30-24-78(66-114(84)132)96-48-102(60-108(54-96)120(16,17)18)90-41-88(100-46-94(52-106(58-100)118(10,11)12)76-22-28-82(112(130)64-76)68-122-32-31-121-67-79-25-19-73(91)61-109(79)127)40-89(42-90)101-47-95(53-107(59-101)119(13,14)15)77-23-29-83(113(131)65-77)71-125-35-33-123-69-80-26-20-74(62-110(80)128)92-44-98(86)56-104(50-92)116(4,5)6/h19-30,37-72,127-132H,31-36H2,1-18H3. The molecule has 0 aliphatic carbocycles. The first-order chi connectivity index (χ1) is 62.5. The van der Waals surface area contributed by atoms with Crippen LogP contribution in [0.5, 0.6) is 34.5 Å². The third kappa shape index (κ3) is 20.8. The second-order valence-corrected chi connectivity index (χ2v) is 41.7. The minimum absolute atomic E-state index is 0.0875. The Kier molecular flexibility index (Phi) is 25.1. The van der Waals surface area contributed by atoms with Gasteiger partial charge >= 0.3 is 0 Å². The summed E-state index contributed by atoms with van der Waals surface area (Å²) in [6, 6.07) is 88.7. The lowest BCUT2D eigenvalue weighted by Crippen LogP contribution is -2.11. The Hall–Kier alpha value is -14.1. The summed E-state index contributed by atoms with van der Waals surface area (Å²) in [4.78, 5) is 28.6. The number of aliphatic imine (C=N–C) groups is 6. The van der Waals surface area contributed by atoms with E-state index in [1.165, 1.54) is 0 Å². The fraction of sp³-hybridized carbons (Fsp3) is 0.250. The molecule has 14 aromatic carbocycles. The van der Waals surface area contributed by atoms with E-state index in [2.05, 4.69) is 270 Å². The van der Waals surface area contributed by atoms with Crippen molar-refractivity contribution >= 4 is 37.3 Å². The number of phenolic OH excluding ortho intramolecular Hbond substituents is 6. The van der Waals surface area contributed by atoms with Crippen LogP contribution in [0.3, 0.4) is 0 Å². The molecule has 0 atom stereocenters. The maximum Gasteiger partial charge on any atom is 0.124 e. The summed E-state index contributed by atoms with van der Waals surface area (Å²) in [5.41, 5.74) is 30.5. The van der Waals surface area contributed by atoms with Gasteiger partial charge in [-0.2, -0.15) is 0 Å². The van der Waals surface area contributed by atoms with Crippen LogP contribution in [0.25, 0.3) is 134 Å². The minimum atomic E-state index is -0.298. The molecule has 6 N–H and O–H groups in total. The number of phenols is 6.